The van der Waals surface area contributed by atoms with E-state index in [9.17, 15) is 5.11 Å². The first-order valence-electron chi connectivity index (χ1n) is 9.99. The van der Waals surface area contributed by atoms with Crippen LogP contribution in [0.25, 0.3) is 22.0 Å². The Hall–Kier alpha value is -2.15. The zero-order valence-corrected chi connectivity index (χ0v) is 17.4. The van der Waals surface area contributed by atoms with Gasteiger partial charge in [0.15, 0.2) is 0 Å². The van der Waals surface area contributed by atoms with Crippen LogP contribution in [-0.4, -0.2) is 47.3 Å². The number of nitrogens with zero attached hydrogens (tertiary/aromatic N) is 2. The van der Waals surface area contributed by atoms with Crippen molar-refractivity contribution in [1.29, 1.82) is 0 Å². The lowest BCUT2D eigenvalue weighted by Crippen LogP contribution is -2.26. The fourth-order valence-corrected chi connectivity index (χ4v) is 5.17. The molecule has 2 heterocycles. The van der Waals surface area contributed by atoms with E-state index in [0.717, 1.165) is 43.3 Å². The number of nitrogens with two attached hydrogens (primary N) is 1. The fraction of sp³-hybridized carbons (Fsp3) is 0.364. The molecule has 0 saturated heterocycles. The molecule has 3 aromatic rings. The van der Waals surface area contributed by atoms with Crippen molar-refractivity contribution < 1.29 is 5.11 Å². The maximum absolute atomic E-state index is 9.99. The van der Waals surface area contributed by atoms with Gasteiger partial charge in [-0.05, 0) is 49.0 Å². The van der Waals surface area contributed by atoms with Crippen LogP contribution in [0.5, 0.6) is 5.75 Å². The van der Waals surface area contributed by atoms with E-state index in [1.807, 2.05) is 12.1 Å². The third-order valence-electron chi connectivity index (χ3n) is 5.48. The van der Waals surface area contributed by atoms with Crippen LogP contribution in [0.2, 0.25) is 0 Å². The summed E-state index contributed by atoms with van der Waals surface area (Å²) in [5.74, 6) is 0.305. The van der Waals surface area contributed by atoms with Crippen molar-refractivity contribution in [3.8, 4) is 16.9 Å². The number of likely N-dealkylation sites (N-methyl/N-ethyl adjacent to an activating group) is 1. The van der Waals surface area contributed by atoms with E-state index in [2.05, 4.69) is 47.0 Å². The molecule has 0 aliphatic carbocycles. The molecule has 0 atom stereocenters. The van der Waals surface area contributed by atoms with Crippen molar-refractivity contribution >= 4 is 28.4 Å². The van der Waals surface area contributed by atoms with E-state index in [1.54, 1.807) is 17.8 Å². The Morgan fingerprint density at radius 3 is 2.71 bits per heavy atom. The van der Waals surface area contributed by atoms with Gasteiger partial charge in [0.05, 0.1) is 0 Å². The second-order valence-electron chi connectivity index (χ2n) is 7.10. The van der Waals surface area contributed by atoms with Crippen LogP contribution in [0.15, 0.2) is 46.3 Å². The highest BCUT2D eigenvalue weighted by Crippen LogP contribution is 2.52. The molecule has 1 aromatic heterocycles. The number of rotatable bonds is 8. The van der Waals surface area contributed by atoms with Crippen LogP contribution in [0.1, 0.15) is 13.8 Å². The molecule has 5 nitrogen and oxygen atoms in total. The Kier molecular flexibility index (Phi) is 5.53. The van der Waals surface area contributed by atoms with E-state index >= 15 is 0 Å². The van der Waals surface area contributed by atoms with E-state index in [1.165, 1.54) is 26.9 Å². The molecule has 0 saturated carbocycles. The predicted molar refractivity (Wildman–Crippen MR) is 118 cm³/mol. The van der Waals surface area contributed by atoms with E-state index in [-0.39, 0.29) is 0 Å². The first-order valence-corrected chi connectivity index (χ1v) is 10.8. The van der Waals surface area contributed by atoms with Crippen LogP contribution in [0, 0.1) is 0 Å². The van der Waals surface area contributed by atoms with Crippen LogP contribution >= 0.6 is 11.8 Å². The molecule has 4 rings (SSSR count). The minimum atomic E-state index is 0.305. The lowest BCUT2D eigenvalue weighted by molar-refractivity contribution is 0.292. The number of anilines is 1. The van der Waals surface area contributed by atoms with Gasteiger partial charge in [0, 0.05) is 64.3 Å². The summed E-state index contributed by atoms with van der Waals surface area (Å²) in [4.78, 5) is 4.77. The van der Waals surface area contributed by atoms with E-state index in [0.29, 0.717) is 12.3 Å². The van der Waals surface area contributed by atoms with Crippen LogP contribution in [0.3, 0.4) is 0 Å². The van der Waals surface area contributed by atoms with Crippen molar-refractivity contribution in [2.45, 2.75) is 30.2 Å². The Labute approximate surface area is 170 Å². The van der Waals surface area contributed by atoms with Crippen LogP contribution < -0.4 is 11.1 Å². The van der Waals surface area contributed by atoms with Crippen molar-refractivity contribution in [1.82, 2.24) is 9.47 Å². The summed E-state index contributed by atoms with van der Waals surface area (Å²) in [5, 5.41) is 14.8. The van der Waals surface area contributed by atoms with E-state index in [4.69, 9.17) is 5.73 Å². The maximum atomic E-state index is 9.99. The highest BCUT2D eigenvalue weighted by atomic mass is 32.2. The van der Waals surface area contributed by atoms with Gasteiger partial charge in [-0.2, -0.15) is 0 Å². The number of aromatic hydroxyl groups is 1. The zero-order valence-electron chi connectivity index (χ0n) is 16.5. The average molecular weight is 397 g/mol. The molecular weight excluding hydrogens is 368 g/mol. The first-order chi connectivity index (χ1) is 13.7. The number of fused-ring (bicyclic) bond motifs is 2. The summed E-state index contributed by atoms with van der Waals surface area (Å²) in [7, 11) is 0. The maximum Gasteiger partial charge on any atom is 0.116 e. The predicted octanol–water partition coefficient (Wildman–Crippen LogP) is 4.19. The average Bonchev–Trinajstić information content (AvgIpc) is 3.08. The number of hydrogen-bond acceptors (Lipinski definition) is 5. The van der Waals surface area contributed by atoms with Gasteiger partial charge in [-0.3, -0.25) is 0 Å². The minimum absolute atomic E-state index is 0.305. The van der Waals surface area contributed by atoms with Gasteiger partial charge in [0.2, 0.25) is 0 Å². The molecule has 148 valence electrons. The Bertz CT molecular complexity index is 994. The quantitative estimate of drug-likeness (QED) is 0.417. The topological polar surface area (TPSA) is 66.5 Å². The second kappa shape index (κ2) is 8.07. The second-order valence-corrected chi connectivity index (χ2v) is 8.15. The van der Waals surface area contributed by atoms with Gasteiger partial charge in [0.25, 0.3) is 0 Å². The Balaban J connectivity index is 1.83. The lowest BCUT2D eigenvalue weighted by Gasteiger charge is -2.20. The summed E-state index contributed by atoms with van der Waals surface area (Å²) >= 11 is 1.73. The number of benzene rings is 2. The van der Waals surface area contributed by atoms with Crippen molar-refractivity contribution in [3.05, 3.63) is 36.5 Å². The molecule has 1 aliphatic heterocycles. The largest absolute Gasteiger partial charge is 0.508 e. The lowest BCUT2D eigenvalue weighted by atomic mass is 10.0. The monoisotopic (exact) mass is 396 g/mol. The third-order valence-corrected chi connectivity index (χ3v) is 6.66. The summed E-state index contributed by atoms with van der Waals surface area (Å²) < 4.78 is 2.38. The first kappa shape index (κ1) is 19.2. The highest BCUT2D eigenvalue weighted by Gasteiger charge is 2.25. The molecule has 0 unspecified atom stereocenters. The molecule has 0 radical (unpaired) electrons. The number of aromatic nitrogens is 1. The molecule has 28 heavy (non-hydrogen) atoms. The summed E-state index contributed by atoms with van der Waals surface area (Å²) in [6, 6.07) is 10.0. The van der Waals surface area contributed by atoms with Gasteiger partial charge < -0.3 is 25.6 Å². The van der Waals surface area contributed by atoms with Gasteiger partial charge in [-0.1, -0.05) is 25.6 Å². The van der Waals surface area contributed by atoms with Crippen molar-refractivity contribution in [2.75, 3.05) is 38.0 Å². The normalized spacial score (nSPS) is 12.6. The van der Waals surface area contributed by atoms with Gasteiger partial charge in [0.1, 0.15) is 5.75 Å². The zero-order chi connectivity index (χ0) is 19.7. The number of hydrogen-bond donors (Lipinski definition) is 3. The summed E-state index contributed by atoms with van der Waals surface area (Å²) in [5.41, 5.74) is 10.5. The SMILES string of the molecule is CCN(CC)CCn1cc2c3c(c(NCCN)ccc31)Sc1cc(O)ccc1-2. The molecule has 2 aromatic carbocycles. The molecule has 0 spiro atoms. The van der Waals surface area contributed by atoms with Gasteiger partial charge in [-0.25, -0.2) is 0 Å². The Morgan fingerprint density at radius 2 is 1.96 bits per heavy atom. The van der Waals surface area contributed by atoms with Crippen LogP contribution in [0.4, 0.5) is 5.69 Å². The van der Waals surface area contributed by atoms with Crippen molar-refractivity contribution in [2.24, 2.45) is 5.73 Å². The molecule has 4 N–H and O–H groups in total. The standard InChI is InChI=1S/C22H28N4OS/c1-3-25(4-2)11-12-26-14-17-16-6-5-15(27)13-20(16)28-22-18(24-10-9-23)7-8-19(26)21(17)22/h5-8,13-14,24,27H,3-4,9-12,23H2,1-2H3. The molecule has 6 heteroatoms. The third kappa shape index (κ3) is 3.36. The molecule has 0 fully saturated rings. The number of phenols is 1. The van der Waals surface area contributed by atoms with Gasteiger partial charge >= 0.3 is 0 Å². The fourth-order valence-electron chi connectivity index (χ4n) is 3.92. The molecule has 0 bridgehead atoms. The summed E-state index contributed by atoms with van der Waals surface area (Å²) in [6.07, 6.45) is 2.28. The molecular formula is C22H28N4OS. The van der Waals surface area contributed by atoms with Crippen LogP contribution in [-0.2, 0) is 6.54 Å². The molecule has 1 aliphatic rings. The smallest absolute Gasteiger partial charge is 0.116 e. The summed E-state index contributed by atoms with van der Waals surface area (Å²) in [6.45, 7) is 9.89. The number of phenolic OH excluding ortho intramolecular Hbond substituents is 1. The van der Waals surface area contributed by atoms with Crippen molar-refractivity contribution in [3.63, 3.8) is 0 Å². The minimum Gasteiger partial charge on any atom is -0.508 e. The highest BCUT2D eigenvalue weighted by molar-refractivity contribution is 8.00. The number of nitrogens with one attached hydrogen (secondary N) is 1. The Morgan fingerprint density at radius 1 is 1.14 bits per heavy atom. The van der Waals surface area contributed by atoms with Gasteiger partial charge in [-0.15, -0.1) is 0 Å². The molecule has 0 amide bonds. The van der Waals surface area contributed by atoms with E-state index < -0.39 is 0 Å².